The number of sulfonamides is 1. The summed E-state index contributed by atoms with van der Waals surface area (Å²) >= 11 is 0. The van der Waals surface area contributed by atoms with Gasteiger partial charge in [-0.05, 0) is 62.1 Å². The highest BCUT2D eigenvalue weighted by atomic mass is 32.2. The Hall–Kier alpha value is -3.45. The number of nitrogens with one attached hydrogen (secondary N) is 1. The van der Waals surface area contributed by atoms with E-state index < -0.39 is 22.6 Å². The molecule has 0 amide bonds. The fraction of sp³-hybridized carbons (Fsp3) is 0.259. The van der Waals surface area contributed by atoms with E-state index in [1.807, 2.05) is 19.1 Å². The summed E-state index contributed by atoms with van der Waals surface area (Å²) in [6.45, 7) is 5.25. The van der Waals surface area contributed by atoms with Gasteiger partial charge in [0.2, 0.25) is 0 Å². The van der Waals surface area contributed by atoms with Crippen LogP contribution in [0.5, 0.6) is 0 Å². The minimum Gasteiger partial charge on any atom is -0.454 e. The predicted octanol–water partition coefficient (Wildman–Crippen LogP) is 5.49. The number of benzene rings is 3. The van der Waals surface area contributed by atoms with Crippen molar-refractivity contribution in [2.75, 3.05) is 11.3 Å². The first-order chi connectivity index (χ1) is 16.2. The molecule has 0 aliphatic heterocycles. The normalized spacial score (nSPS) is 11.1. The number of carbonyl (C=O) groups is 2. The molecular formula is C27H29NO5S. The number of hydrogen-bond donors (Lipinski definition) is 1. The Balaban J connectivity index is 1.70. The van der Waals surface area contributed by atoms with Gasteiger partial charge in [0.1, 0.15) is 0 Å². The van der Waals surface area contributed by atoms with E-state index in [-0.39, 0.29) is 16.2 Å². The first-order valence-electron chi connectivity index (χ1n) is 11.2. The van der Waals surface area contributed by atoms with Crippen LogP contribution in [0.15, 0.2) is 71.6 Å². The molecule has 0 bridgehead atoms. The summed E-state index contributed by atoms with van der Waals surface area (Å²) < 4.78 is 33.7. The van der Waals surface area contributed by atoms with Crippen LogP contribution in [-0.4, -0.2) is 26.8 Å². The van der Waals surface area contributed by atoms with Gasteiger partial charge in [-0.1, -0.05) is 61.4 Å². The molecule has 0 aromatic heterocycles. The van der Waals surface area contributed by atoms with Gasteiger partial charge in [0.05, 0.1) is 10.5 Å². The summed E-state index contributed by atoms with van der Waals surface area (Å²) in [5, 5.41) is 0. The van der Waals surface area contributed by atoms with Crippen molar-refractivity contribution in [1.82, 2.24) is 0 Å². The van der Waals surface area contributed by atoms with E-state index in [0.29, 0.717) is 16.8 Å². The number of esters is 1. The van der Waals surface area contributed by atoms with E-state index in [1.165, 1.54) is 12.1 Å². The van der Waals surface area contributed by atoms with Crippen LogP contribution in [-0.2, 0) is 21.2 Å². The molecule has 3 aromatic rings. The Morgan fingerprint density at radius 3 is 2.18 bits per heavy atom. The Kier molecular flexibility index (Phi) is 8.23. The van der Waals surface area contributed by atoms with Crippen molar-refractivity contribution in [2.24, 2.45) is 0 Å². The van der Waals surface area contributed by atoms with E-state index in [9.17, 15) is 18.0 Å². The third-order valence-electron chi connectivity index (χ3n) is 5.45. The average Bonchev–Trinajstić information content (AvgIpc) is 2.82. The van der Waals surface area contributed by atoms with Gasteiger partial charge >= 0.3 is 5.97 Å². The van der Waals surface area contributed by atoms with E-state index in [1.54, 1.807) is 49.4 Å². The van der Waals surface area contributed by atoms with Crippen molar-refractivity contribution in [2.45, 2.75) is 44.9 Å². The van der Waals surface area contributed by atoms with E-state index in [4.69, 9.17) is 4.74 Å². The summed E-state index contributed by atoms with van der Waals surface area (Å²) in [6.07, 6.45) is 3.11. The molecule has 6 nitrogen and oxygen atoms in total. The first-order valence-corrected chi connectivity index (χ1v) is 12.7. The van der Waals surface area contributed by atoms with Gasteiger partial charge in [-0.15, -0.1) is 0 Å². The number of rotatable bonds is 10. The maximum atomic E-state index is 13.0. The van der Waals surface area contributed by atoms with Crippen molar-refractivity contribution < 1.29 is 22.7 Å². The minimum atomic E-state index is -3.93. The summed E-state index contributed by atoms with van der Waals surface area (Å²) in [5.41, 5.74) is 3.58. The Bertz CT molecular complexity index is 1260. The van der Waals surface area contributed by atoms with Crippen molar-refractivity contribution in [3.05, 3.63) is 94.5 Å². The third kappa shape index (κ3) is 6.54. The molecule has 1 N–H and O–H groups in total. The molecule has 3 rings (SSSR count). The smallest absolute Gasteiger partial charge is 0.338 e. The standard InChI is InChI=1S/C27H29NO5S/c1-4-5-6-21-10-15-24(16-11-21)28-34(31,32)26-17-23(14-9-20(26)3)27(30)33-18-25(29)22-12-7-19(2)8-13-22/h7-17,28H,4-6,18H2,1-3H3. The van der Waals surface area contributed by atoms with E-state index in [2.05, 4.69) is 11.6 Å². The van der Waals surface area contributed by atoms with Crippen molar-refractivity contribution in [3.63, 3.8) is 0 Å². The highest BCUT2D eigenvalue weighted by Gasteiger charge is 2.20. The quantitative estimate of drug-likeness (QED) is 0.307. The Labute approximate surface area is 201 Å². The van der Waals surface area contributed by atoms with Gasteiger partial charge in [0, 0.05) is 11.3 Å². The summed E-state index contributed by atoms with van der Waals surface area (Å²) in [7, 11) is -3.93. The SMILES string of the molecule is CCCCc1ccc(NS(=O)(=O)c2cc(C(=O)OCC(=O)c3ccc(C)cc3)ccc2C)cc1. The zero-order chi connectivity index (χ0) is 24.7. The maximum absolute atomic E-state index is 13.0. The van der Waals surface area contributed by atoms with Crippen molar-refractivity contribution in [1.29, 1.82) is 0 Å². The lowest BCUT2D eigenvalue weighted by molar-refractivity contribution is 0.0474. The Morgan fingerprint density at radius 2 is 1.53 bits per heavy atom. The van der Waals surface area contributed by atoms with E-state index in [0.717, 1.165) is 30.4 Å². The second-order valence-electron chi connectivity index (χ2n) is 8.25. The lowest BCUT2D eigenvalue weighted by atomic mass is 10.1. The number of unbranched alkanes of at least 4 members (excludes halogenated alkanes) is 1. The summed E-state index contributed by atoms with van der Waals surface area (Å²) in [5.74, 6) is -1.10. The molecule has 34 heavy (non-hydrogen) atoms. The number of Topliss-reactive ketones (excluding diaryl/α,β-unsaturated/α-hetero) is 1. The van der Waals surface area contributed by atoms with Crippen LogP contribution in [0.4, 0.5) is 5.69 Å². The van der Waals surface area contributed by atoms with E-state index >= 15 is 0 Å². The number of anilines is 1. The number of aryl methyl sites for hydroxylation is 3. The van der Waals surface area contributed by atoms with Crippen LogP contribution >= 0.6 is 0 Å². The van der Waals surface area contributed by atoms with Gasteiger partial charge in [-0.2, -0.15) is 0 Å². The van der Waals surface area contributed by atoms with Crippen molar-refractivity contribution in [3.8, 4) is 0 Å². The molecule has 178 valence electrons. The minimum absolute atomic E-state index is 0.0260. The van der Waals surface area contributed by atoms with Gasteiger partial charge in [-0.25, -0.2) is 13.2 Å². The van der Waals surface area contributed by atoms with Gasteiger partial charge in [0.25, 0.3) is 10.0 Å². The second-order valence-corrected chi connectivity index (χ2v) is 9.90. The van der Waals surface area contributed by atoms with Gasteiger partial charge in [0.15, 0.2) is 12.4 Å². The second kappa shape index (κ2) is 11.1. The molecule has 0 heterocycles. The van der Waals surface area contributed by atoms with Crippen LogP contribution in [0.1, 0.15) is 57.2 Å². The zero-order valence-electron chi connectivity index (χ0n) is 19.6. The zero-order valence-corrected chi connectivity index (χ0v) is 20.4. The molecule has 0 radical (unpaired) electrons. The van der Waals surface area contributed by atoms with Gasteiger partial charge < -0.3 is 4.74 Å². The first kappa shape index (κ1) is 25.2. The molecule has 0 aliphatic rings. The van der Waals surface area contributed by atoms with Gasteiger partial charge in [-0.3, -0.25) is 9.52 Å². The highest BCUT2D eigenvalue weighted by Crippen LogP contribution is 2.22. The number of ketones is 1. The van der Waals surface area contributed by atoms with Crippen LogP contribution in [0, 0.1) is 13.8 Å². The molecular weight excluding hydrogens is 450 g/mol. The molecule has 0 aliphatic carbocycles. The fourth-order valence-corrected chi connectivity index (χ4v) is 4.71. The molecule has 0 saturated carbocycles. The molecule has 0 spiro atoms. The third-order valence-corrected chi connectivity index (χ3v) is 6.97. The lowest BCUT2D eigenvalue weighted by Crippen LogP contribution is -2.17. The molecule has 3 aromatic carbocycles. The Morgan fingerprint density at radius 1 is 0.882 bits per heavy atom. The average molecular weight is 480 g/mol. The van der Waals surface area contributed by atoms with Crippen LogP contribution in [0.3, 0.4) is 0 Å². The summed E-state index contributed by atoms with van der Waals surface area (Å²) in [6, 6.07) is 18.5. The lowest BCUT2D eigenvalue weighted by Gasteiger charge is -2.12. The topological polar surface area (TPSA) is 89.5 Å². The van der Waals surface area contributed by atoms with Crippen LogP contribution in [0.25, 0.3) is 0 Å². The number of hydrogen-bond acceptors (Lipinski definition) is 5. The predicted molar refractivity (Wildman–Crippen MR) is 133 cm³/mol. The molecule has 7 heteroatoms. The number of ether oxygens (including phenoxy) is 1. The van der Waals surface area contributed by atoms with Crippen LogP contribution in [0.2, 0.25) is 0 Å². The molecule has 0 unspecified atom stereocenters. The fourth-order valence-electron chi connectivity index (χ4n) is 3.38. The molecule has 0 atom stereocenters. The maximum Gasteiger partial charge on any atom is 0.338 e. The highest BCUT2D eigenvalue weighted by molar-refractivity contribution is 7.92. The molecule has 0 fully saturated rings. The van der Waals surface area contributed by atoms with Crippen molar-refractivity contribution >= 4 is 27.5 Å². The summed E-state index contributed by atoms with van der Waals surface area (Å²) in [4.78, 5) is 24.8. The monoisotopic (exact) mass is 479 g/mol. The largest absolute Gasteiger partial charge is 0.454 e. The molecule has 0 saturated heterocycles. The van der Waals surface area contributed by atoms with Crippen LogP contribution < -0.4 is 4.72 Å². The number of carbonyl (C=O) groups excluding carboxylic acids is 2.